The smallest absolute Gasteiger partial charge is 0.342 e. The highest BCUT2D eigenvalue weighted by atomic mass is 16.6. The second kappa shape index (κ2) is 23.7. The molecule has 0 N–H and O–H groups in total. The van der Waals surface area contributed by atoms with Crippen LogP contribution in [-0.2, 0) is 85.8 Å². The Bertz CT molecular complexity index is 2530. The van der Waals surface area contributed by atoms with Crippen LogP contribution >= 0.6 is 0 Å². The summed E-state index contributed by atoms with van der Waals surface area (Å²) in [6, 6.07) is 0. The molecule has 3 saturated carbocycles. The Hall–Kier alpha value is -6.66. The summed E-state index contributed by atoms with van der Waals surface area (Å²) in [7, 11) is 0. The minimum Gasteiger partial charge on any atom is -0.460 e. The molecule has 78 heavy (non-hydrogen) atoms. The number of hydrogen-bond donors (Lipinski definition) is 0. The van der Waals surface area contributed by atoms with Crippen molar-refractivity contribution in [3.05, 3.63) is 67.9 Å². The Labute approximate surface area is 448 Å². The van der Waals surface area contributed by atoms with Crippen molar-refractivity contribution in [3.63, 3.8) is 0 Å². The second-order valence-corrected chi connectivity index (χ2v) is 21.8. The van der Waals surface area contributed by atoms with Crippen molar-refractivity contribution in [3.8, 4) is 0 Å². The van der Waals surface area contributed by atoms with Crippen molar-refractivity contribution in [2.75, 3.05) is 39.6 Å². The average molecular weight is 1100 g/mol. The van der Waals surface area contributed by atoms with Crippen LogP contribution < -0.4 is 17.1 Å². The van der Waals surface area contributed by atoms with Gasteiger partial charge in [-0.05, 0) is 96.3 Å². The van der Waals surface area contributed by atoms with Gasteiger partial charge in [-0.3, -0.25) is 28.8 Å². The molecule has 0 spiro atoms. The first-order chi connectivity index (χ1) is 36.8. The van der Waals surface area contributed by atoms with E-state index in [0.29, 0.717) is 19.3 Å². The van der Waals surface area contributed by atoms with Gasteiger partial charge in [0.05, 0.1) is 56.8 Å². The zero-order chi connectivity index (χ0) is 57.2. The maximum atomic E-state index is 15.3. The molecule has 0 aromatic carbocycles. The Balaban J connectivity index is 1.35. The van der Waals surface area contributed by atoms with E-state index in [-0.39, 0.29) is 126 Å². The lowest BCUT2D eigenvalue weighted by molar-refractivity contribution is -0.180. The molecule has 24 nitrogen and oxygen atoms in total. The highest BCUT2D eigenvalue weighted by Crippen LogP contribution is 2.48. The number of esters is 6. The van der Waals surface area contributed by atoms with Crippen LogP contribution in [0.15, 0.2) is 50.8 Å². The first-order valence-electron chi connectivity index (χ1n) is 26.4. The summed E-state index contributed by atoms with van der Waals surface area (Å²) in [5, 5.41) is 0. The quantitative estimate of drug-likeness (QED) is 0.0882. The minimum atomic E-state index is -2.18. The molecule has 7 rings (SSSR count). The molecule has 6 aliphatic rings. The van der Waals surface area contributed by atoms with Crippen LogP contribution in [0.1, 0.15) is 137 Å². The maximum Gasteiger partial charge on any atom is 0.342 e. The second-order valence-electron chi connectivity index (χ2n) is 21.8. The van der Waals surface area contributed by atoms with E-state index < -0.39 is 143 Å². The molecule has 1 aromatic rings. The summed E-state index contributed by atoms with van der Waals surface area (Å²) < 4.78 is 52.6. The van der Waals surface area contributed by atoms with E-state index in [4.69, 9.17) is 42.6 Å². The van der Waals surface area contributed by atoms with E-state index in [1.807, 2.05) is 20.8 Å². The molecule has 4 heterocycles. The minimum absolute atomic E-state index is 0.0350. The molecule has 24 heteroatoms. The fraction of sp³-hybridized carbons (Fsp3) is 0.667. The number of carbonyl (C=O) groups is 9. The third-order valence-electron chi connectivity index (χ3n) is 15.9. The summed E-state index contributed by atoms with van der Waals surface area (Å²) in [5.74, 6) is -12.4. The fourth-order valence-electron chi connectivity index (χ4n) is 11.6. The van der Waals surface area contributed by atoms with Gasteiger partial charge in [0.2, 0.25) is 0 Å². The summed E-state index contributed by atoms with van der Waals surface area (Å²) in [4.78, 5) is 170. The molecule has 3 aliphatic carbocycles. The standard InChI is InChI=1S/C54H69N3O21/c1-28(2)43(61)70-16-19-73-52-13-10-31(7)22-34(52)46(64)76-40(25-37(52)58)55-49(67)56(41-26-38(59)53(74-20-17-71-44(62)29(3)4)14-11-32(8)23-35(53)47(65)77-41)51(69)57(50(55)68)42-27-39(60)54(75-21-18-72-45(63)30(5)6)15-12-33(9)24-36(54)48(66)78-42/h31-36,40-42H,1,3,5,10-27H2,2,4,6-9H3. The van der Waals surface area contributed by atoms with Gasteiger partial charge in [-0.2, -0.15) is 0 Å². The van der Waals surface area contributed by atoms with Crippen LogP contribution in [-0.4, -0.2) is 123 Å². The Morgan fingerprint density at radius 1 is 0.449 bits per heavy atom. The summed E-state index contributed by atoms with van der Waals surface area (Å²) in [6.07, 6.45) is -8.22. The van der Waals surface area contributed by atoms with Crippen molar-refractivity contribution < 1.29 is 85.8 Å². The van der Waals surface area contributed by atoms with Crippen molar-refractivity contribution >= 4 is 53.2 Å². The molecule has 0 bridgehead atoms. The predicted octanol–water partition coefficient (Wildman–Crippen LogP) is 3.15. The average Bonchev–Trinajstić information content (AvgIpc) is 3.87. The maximum absolute atomic E-state index is 15.3. The van der Waals surface area contributed by atoms with E-state index >= 15 is 14.4 Å². The summed E-state index contributed by atoms with van der Waals surface area (Å²) in [5.41, 5.74) is -10.4. The van der Waals surface area contributed by atoms with Gasteiger partial charge in [0, 0.05) is 16.7 Å². The Morgan fingerprint density at radius 2 is 0.692 bits per heavy atom. The molecule has 3 saturated heterocycles. The molecule has 6 fully saturated rings. The summed E-state index contributed by atoms with van der Waals surface area (Å²) in [6.45, 7) is 18.2. The molecule has 1 aromatic heterocycles. The van der Waals surface area contributed by atoms with Gasteiger partial charge in [0.25, 0.3) is 0 Å². The predicted molar refractivity (Wildman–Crippen MR) is 266 cm³/mol. The first-order valence-corrected chi connectivity index (χ1v) is 26.4. The zero-order valence-corrected chi connectivity index (χ0v) is 45.0. The van der Waals surface area contributed by atoms with Gasteiger partial charge in [-0.25, -0.2) is 42.5 Å². The fourth-order valence-corrected chi connectivity index (χ4v) is 11.6. The van der Waals surface area contributed by atoms with Gasteiger partial charge in [-0.1, -0.05) is 40.5 Å². The van der Waals surface area contributed by atoms with Crippen LogP contribution in [0.2, 0.25) is 0 Å². The van der Waals surface area contributed by atoms with Crippen LogP contribution in [0, 0.1) is 35.5 Å². The molecule has 0 radical (unpaired) electrons. The topological polar surface area (TPSA) is 303 Å². The monoisotopic (exact) mass is 1100 g/mol. The molecule has 3 aliphatic heterocycles. The number of Topliss-reactive ketones (excluding diaryl/α,β-unsaturated/α-hetero) is 3. The van der Waals surface area contributed by atoms with E-state index in [1.54, 1.807) is 0 Å². The highest BCUT2D eigenvalue weighted by Gasteiger charge is 2.60. The van der Waals surface area contributed by atoms with Crippen LogP contribution in [0.4, 0.5) is 0 Å². The zero-order valence-electron chi connectivity index (χ0n) is 45.0. The number of hydrogen-bond acceptors (Lipinski definition) is 21. The number of cyclic esters (lactones) is 3. The molecule has 0 amide bonds. The van der Waals surface area contributed by atoms with Crippen LogP contribution in [0.25, 0.3) is 0 Å². The largest absolute Gasteiger partial charge is 0.460 e. The first kappa shape index (κ1) is 59.0. The van der Waals surface area contributed by atoms with E-state index in [0.717, 1.165) is 0 Å². The van der Waals surface area contributed by atoms with Gasteiger partial charge < -0.3 is 42.6 Å². The SMILES string of the molecule is C=C(C)C(=O)OCCOC12CCC(C)CC1C(=O)OC(n1c(=O)n(C3CC(=O)C4(OCCOC(=O)C(=C)C)CCC(C)CC4C(=O)O3)c(=O)n(C3CC(=O)C4(OCCOC(=O)C(=C)C)CCC(C)CC4C(=O)O3)c1=O)CC2=O. The van der Waals surface area contributed by atoms with Crippen molar-refractivity contribution in [1.29, 1.82) is 0 Å². The number of fused-ring (bicyclic) bond motifs is 3. The van der Waals surface area contributed by atoms with Crippen LogP contribution in [0.3, 0.4) is 0 Å². The van der Waals surface area contributed by atoms with Crippen LogP contribution in [0.5, 0.6) is 0 Å². The number of ketones is 3. The number of carbonyl (C=O) groups excluding carboxylic acids is 9. The number of aromatic nitrogens is 3. The highest BCUT2D eigenvalue weighted by molar-refractivity contribution is 5.96. The molecule has 426 valence electrons. The number of ether oxygens (including phenoxy) is 9. The lowest BCUT2D eigenvalue weighted by Crippen LogP contribution is -2.58. The summed E-state index contributed by atoms with van der Waals surface area (Å²) >= 11 is 0. The van der Waals surface area contributed by atoms with Gasteiger partial charge in [-0.15, -0.1) is 0 Å². The van der Waals surface area contributed by atoms with Crippen molar-refractivity contribution in [1.82, 2.24) is 13.7 Å². The number of nitrogens with zero attached hydrogens (tertiary/aromatic N) is 3. The van der Waals surface area contributed by atoms with Gasteiger partial charge in [0.1, 0.15) is 36.6 Å². The molecule has 12 atom stereocenters. The third-order valence-corrected chi connectivity index (χ3v) is 15.9. The molecular formula is C54H69N3O21. The lowest BCUT2D eigenvalue weighted by atomic mass is 9.69. The normalized spacial score (nSPS) is 32.0. The third kappa shape index (κ3) is 11.6. The van der Waals surface area contributed by atoms with Crippen molar-refractivity contribution in [2.45, 2.75) is 154 Å². The van der Waals surface area contributed by atoms with Gasteiger partial charge in [0.15, 0.2) is 36.0 Å². The Kier molecular flexibility index (Phi) is 18.0. The molecule has 12 unspecified atom stereocenters. The van der Waals surface area contributed by atoms with E-state index in [2.05, 4.69) is 19.7 Å². The number of rotatable bonds is 18. The van der Waals surface area contributed by atoms with E-state index in [1.165, 1.54) is 20.8 Å². The Morgan fingerprint density at radius 3 is 0.923 bits per heavy atom. The van der Waals surface area contributed by atoms with Crippen molar-refractivity contribution in [2.24, 2.45) is 35.5 Å². The van der Waals surface area contributed by atoms with E-state index in [9.17, 15) is 43.2 Å². The van der Waals surface area contributed by atoms with Gasteiger partial charge >= 0.3 is 52.9 Å². The molecular weight excluding hydrogens is 1030 g/mol. The lowest BCUT2D eigenvalue weighted by Gasteiger charge is -2.41.